The first-order valence-corrected chi connectivity index (χ1v) is 11.3. The lowest BCUT2D eigenvalue weighted by Crippen LogP contribution is -2.51. The van der Waals surface area contributed by atoms with Gasteiger partial charge in [0, 0.05) is 12.6 Å². The maximum absolute atomic E-state index is 13.9. The van der Waals surface area contributed by atoms with Gasteiger partial charge in [-0.3, -0.25) is 4.79 Å². The van der Waals surface area contributed by atoms with Gasteiger partial charge in [0.2, 0.25) is 5.91 Å². The number of nitrogens with one attached hydrogen (secondary N) is 1. The Morgan fingerprint density at radius 2 is 1.87 bits per heavy atom. The molecule has 0 spiro atoms. The topological polar surface area (TPSA) is 32.3 Å². The lowest BCUT2D eigenvalue weighted by molar-refractivity contribution is -0.134. The summed E-state index contributed by atoms with van der Waals surface area (Å²) in [6.07, 6.45) is 5.15. The van der Waals surface area contributed by atoms with Crippen LogP contribution >= 0.6 is 0 Å². The number of likely N-dealkylation sites (tertiary alicyclic amines) is 1. The molecule has 1 N–H and O–H groups in total. The molecule has 0 bridgehead atoms. The van der Waals surface area contributed by atoms with E-state index in [0.717, 1.165) is 48.5 Å². The van der Waals surface area contributed by atoms with Gasteiger partial charge in [0.1, 0.15) is 5.82 Å². The van der Waals surface area contributed by atoms with Crippen LogP contribution in [0.15, 0.2) is 48.5 Å². The van der Waals surface area contributed by atoms with E-state index in [1.807, 2.05) is 38.1 Å². The number of benzene rings is 2. The fraction of sp³-hybridized carbons (Fsp3) is 0.500. The van der Waals surface area contributed by atoms with Crippen molar-refractivity contribution in [3.63, 3.8) is 0 Å². The molecule has 0 atom stereocenters. The highest BCUT2D eigenvalue weighted by atomic mass is 19.1. The van der Waals surface area contributed by atoms with Crippen LogP contribution in [0.1, 0.15) is 45.1 Å². The molecule has 2 aliphatic rings. The van der Waals surface area contributed by atoms with Crippen molar-refractivity contribution in [1.82, 2.24) is 10.2 Å². The standard InChI is InChI=1S/C26H33FN2O/c1-19(2)28-25(30)26(12-14-29(15-13-26)18-20-10-11-20)17-22-6-3-4-9-24(22)21-7-5-8-23(27)16-21/h3-9,16,19-20H,10-15,17-18H2,1-2H3,(H,28,30). The number of amides is 1. The van der Waals surface area contributed by atoms with Crippen molar-refractivity contribution >= 4 is 5.91 Å². The number of nitrogens with zero attached hydrogens (tertiary/aromatic N) is 1. The Kier molecular flexibility index (Phi) is 6.24. The Bertz CT molecular complexity index is 882. The molecule has 30 heavy (non-hydrogen) atoms. The summed E-state index contributed by atoms with van der Waals surface area (Å²) in [6.45, 7) is 7.18. The molecule has 2 aromatic rings. The van der Waals surface area contributed by atoms with E-state index in [0.29, 0.717) is 6.42 Å². The van der Waals surface area contributed by atoms with Gasteiger partial charge in [-0.15, -0.1) is 0 Å². The number of rotatable bonds is 7. The van der Waals surface area contributed by atoms with Gasteiger partial charge in [0.05, 0.1) is 5.41 Å². The molecule has 1 aliphatic heterocycles. The van der Waals surface area contributed by atoms with E-state index in [9.17, 15) is 9.18 Å². The highest BCUT2D eigenvalue weighted by molar-refractivity contribution is 5.84. The van der Waals surface area contributed by atoms with Crippen LogP contribution in [0.25, 0.3) is 11.1 Å². The molecule has 4 rings (SSSR count). The first-order chi connectivity index (χ1) is 14.4. The Balaban J connectivity index is 1.60. The Labute approximate surface area is 179 Å². The second kappa shape index (κ2) is 8.89. The van der Waals surface area contributed by atoms with Crippen molar-refractivity contribution in [2.45, 2.75) is 52.0 Å². The Hall–Kier alpha value is -2.20. The quantitative estimate of drug-likeness (QED) is 0.695. The summed E-state index contributed by atoms with van der Waals surface area (Å²) in [4.78, 5) is 15.9. The van der Waals surface area contributed by atoms with Crippen LogP contribution in [0, 0.1) is 17.2 Å². The highest BCUT2D eigenvalue weighted by Crippen LogP contribution is 2.40. The van der Waals surface area contributed by atoms with E-state index in [4.69, 9.17) is 0 Å². The predicted octanol–water partition coefficient (Wildman–Crippen LogP) is 5.05. The SMILES string of the molecule is CC(C)NC(=O)C1(Cc2ccccc2-c2cccc(F)c2)CCN(CC2CC2)CC1. The lowest BCUT2D eigenvalue weighted by atomic mass is 9.71. The van der Waals surface area contributed by atoms with Gasteiger partial charge in [0.15, 0.2) is 0 Å². The van der Waals surface area contributed by atoms with Crippen molar-refractivity contribution in [2.24, 2.45) is 11.3 Å². The van der Waals surface area contributed by atoms with E-state index in [-0.39, 0.29) is 17.8 Å². The van der Waals surface area contributed by atoms with Crippen LogP contribution in [-0.2, 0) is 11.2 Å². The van der Waals surface area contributed by atoms with Crippen LogP contribution in [0.4, 0.5) is 4.39 Å². The number of halogens is 1. The Morgan fingerprint density at radius 3 is 2.53 bits per heavy atom. The molecular formula is C26H33FN2O. The van der Waals surface area contributed by atoms with Gasteiger partial charge in [-0.05, 0) is 93.8 Å². The summed E-state index contributed by atoms with van der Waals surface area (Å²) in [5, 5.41) is 3.19. The van der Waals surface area contributed by atoms with Crippen LogP contribution in [0.3, 0.4) is 0 Å². The van der Waals surface area contributed by atoms with E-state index < -0.39 is 5.41 Å². The lowest BCUT2D eigenvalue weighted by Gasteiger charge is -2.41. The second-order valence-electron chi connectivity index (χ2n) is 9.50. The maximum atomic E-state index is 13.9. The van der Waals surface area contributed by atoms with Gasteiger partial charge in [-0.1, -0.05) is 36.4 Å². The number of hydrogen-bond donors (Lipinski definition) is 1. The van der Waals surface area contributed by atoms with Crippen LogP contribution in [0.5, 0.6) is 0 Å². The molecule has 1 heterocycles. The molecule has 0 aromatic heterocycles. The van der Waals surface area contributed by atoms with Gasteiger partial charge < -0.3 is 10.2 Å². The first-order valence-electron chi connectivity index (χ1n) is 11.3. The summed E-state index contributed by atoms with van der Waals surface area (Å²) in [6, 6.07) is 15.0. The normalized spacial score (nSPS) is 19.1. The van der Waals surface area contributed by atoms with Gasteiger partial charge in [0.25, 0.3) is 0 Å². The van der Waals surface area contributed by atoms with Crippen molar-refractivity contribution < 1.29 is 9.18 Å². The maximum Gasteiger partial charge on any atom is 0.226 e. The zero-order chi connectivity index (χ0) is 21.1. The number of carbonyl (C=O) groups excluding carboxylic acids is 1. The van der Waals surface area contributed by atoms with Crippen LogP contribution < -0.4 is 5.32 Å². The second-order valence-corrected chi connectivity index (χ2v) is 9.50. The number of hydrogen-bond acceptors (Lipinski definition) is 2. The van der Waals surface area contributed by atoms with Gasteiger partial charge in [-0.25, -0.2) is 4.39 Å². The molecular weight excluding hydrogens is 375 g/mol. The molecule has 4 heteroatoms. The Morgan fingerprint density at radius 1 is 1.13 bits per heavy atom. The fourth-order valence-electron chi connectivity index (χ4n) is 4.71. The molecule has 1 saturated carbocycles. The molecule has 2 fully saturated rings. The smallest absolute Gasteiger partial charge is 0.226 e. The summed E-state index contributed by atoms with van der Waals surface area (Å²) in [5.41, 5.74) is 2.61. The van der Waals surface area contributed by atoms with E-state index >= 15 is 0 Å². The van der Waals surface area contributed by atoms with E-state index in [1.54, 1.807) is 12.1 Å². The number of carbonyl (C=O) groups is 1. The zero-order valence-corrected chi connectivity index (χ0v) is 18.2. The molecule has 0 unspecified atom stereocenters. The number of piperidine rings is 1. The minimum Gasteiger partial charge on any atom is -0.353 e. The molecule has 0 radical (unpaired) electrons. The third-order valence-electron chi connectivity index (χ3n) is 6.61. The summed E-state index contributed by atoms with van der Waals surface area (Å²) >= 11 is 0. The zero-order valence-electron chi connectivity index (χ0n) is 18.2. The predicted molar refractivity (Wildman–Crippen MR) is 120 cm³/mol. The van der Waals surface area contributed by atoms with Crippen LogP contribution in [-0.4, -0.2) is 36.5 Å². The average molecular weight is 409 g/mol. The van der Waals surface area contributed by atoms with Crippen molar-refractivity contribution in [1.29, 1.82) is 0 Å². The van der Waals surface area contributed by atoms with Crippen molar-refractivity contribution in [2.75, 3.05) is 19.6 Å². The summed E-state index contributed by atoms with van der Waals surface area (Å²) in [5.74, 6) is 0.802. The molecule has 1 aliphatic carbocycles. The van der Waals surface area contributed by atoms with Crippen molar-refractivity contribution in [3.05, 3.63) is 59.9 Å². The third kappa shape index (κ3) is 4.92. The van der Waals surface area contributed by atoms with E-state index in [2.05, 4.69) is 16.3 Å². The minimum absolute atomic E-state index is 0.123. The molecule has 160 valence electrons. The summed E-state index contributed by atoms with van der Waals surface area (Å²) in [7, 11) is 0. The molecule has 1 amide bonds. The molecule has 1 saturated heterocycles. The highest BCUT2D eigenvalue weighted by Gasteiger charge is 2.42. The molecule has 2 aromatic carbocycles. The van der Waals surface area contributed by atoms with Crippen molar-refractivity contribution in [3.8, 4) is 11.1 Å². The average Bonchev–Trinajstić information content (AvgIpc) is 3.53. The minimum atomic E-state index is -0.409. The first kappa shape index (κ1) is 21.0. The van der Waals surface area contributed by atoms with E-state index in [1.165, 1.54) is 25.5 Å². The largest absolute Gasteiger partial charge is 0.353 e. The molecule has 3 nitrogen and oxygen atoms in total. The van der Waals surface area contributed by atoms with Gasteiger partial charge in [-0.2, -0.15) is 0 Å². The fourth-order valence-corrected chi connectivity index (χ4v) is 4.71. The summed E-state index contributed by atoms with van der Waals surface area (Å²) < 4.78 is 13.9. The monoisotopic (exact) mass is 408 g/mol. The van der Waals surface area contributed by atoms with Gasteiger partial charge >= 0.3 is 0 Å². The third-order valence-corrected chi connectivity index (χ3v) is 6.61. The van der Waals surface area contributed by atoms with Crippen LogP contribution in [0.2, 0.25) is 0 Å².